The first kappa shape index (κ1) is 18.6. The minimum Gasteiger partial charge on any atom is -0.494 e. The fraction of sp³-hybridized carbons (Fsp3) is 0.300. The van der Waals surface area contributed by atoms with Gasteiger partial charge in [-0.1, -0.05) is 12.1 Å². The van der Waals surface area contributed by atoms with E-state index in [-0.39, 0.29) is 17.5 Å². The third-order valence-electron chi connectivity index (χ3n) is 3.80. The van der Waals surface area contributed by atoms with E-state index in [4.69, 9.17) is 4.74 Å². The van der Waals surface area contributed by atoms with Gasteiger partial charge in [-0.15, -0.1) is 0 Å². The first-order valence-electron chi connectivity index (χ1n) is 8.21. The summed E-state index contributed by atoms with van der Waals surface area (Å²) in [5, 5.41) is 2.77. The molecule has 0 aromatic heterocycles. The van der Waals surface area contributed by atoms with Crippen LogP contribution in [0.4, 0.5) is 4.39 Å². The van der Waals surface area contributed by atoms with Crippen LogP contribution in [0.15, 0.2) is 42.5 Å². The number of halogens is 1. The Balaban J connectivity index is 1.66. The van der Waals surface area contributed by atoms with Crippen molar-refractivity contribution in [2.75, 3.05) is 6.61 Å². The van der Waals surface area contributed by atoms with Gasteiger partial charge in [0.25, 0.3) is 0 Å². The Bertz CT molecular complexity index is 741. The topological polar surface area (TPSA) is 55.4 Å². The average Bonchev–Trinajstić information content (AvgIpc) is 2.60. The Morgan fingerprint density at radius 2 is 1.84 bits per heavy atom. The number of Topliss-reactive ketones (excluding diaryl/α,β-unsaturated/α-hetero) is 1. The van der Waals surface area contributed by atoms with E-state index >= 15 is 0 Å². The average molecular weight is 343 g/mol. The van der Waals surface area contributed by atoms with E-state index in [1.54, 1.807) is 43.3 Å². The lowest BCUT2D eigenvalue weighted by atomic mass is 10.1. The van der Waals surface area contributed by atoms with Gasteiger partial charge in [-0.3, -0.25) is 9.59 Å². The van der Waals surface area contributed by atoms with Crippen LogP contribution < -0.4 is 10.1 Å². The molecule has 132 valence electrons. The fourth-order valence-corrected chi connectivity index (χ4v) is 2.24. The Morgan fingerprint density at radius 1 is 1.12 bits per heavy atom. The Morgan fingerprint density at radius 3 is 2.48 bits per heavy atom. The molecule has 0 fully saturated rings. The van der Waals surface area contributed by atoms with Crippen molar-refractivity contribution in [2.45, 2.75) is 33.2 Å². The number of ether oxygens (including phenoxy) is 1. The molecule has 0 bridgehead atoms. The summed E-state index contributed by atoms with van der Waals surface area (Å²) in [6.07, 6.45) is 0.905. The van der Waals surface area contributed by atoms with Gasteiger partial charge in [0, 0.05) is 18.5 Å². The van der Waals surface area contributed by atoms with Gasteiger partial charge in [-0.2, -0.15) is 0 Å². The van der Waals surface area contributed by atoms with Crippen LogP contribution in [0, 0.1) is 12.7 Å². The second-order valence-electron chi connectivity index (χ2n) is 5.89. The molecule has 0 saturated heterocycles. The molecule has 1 N–H and O–H groups in total. The summed E-state index contributed by atoms with van der Waals surface area (Å²) >= 11 is 0. The fourth-order valence-electron chi connectivity index (χ4n) is 2.24. The summed E-state index contributed by atoms with van der Waals surface area (Å²) in [7, 11) is 0. The summed E-state index contributed by atoms with van der Waals surface area (Å²) in [6, 6.07) is 11.8. The van der Waals surface area contributed by atoms with E-state index in [1.165, 1.54) is 13.0 Å². The first-order chi connectivity index (χ1) is 12.0. The number of nitrogens with one attached hydrogen (secondary N) is 1. The highest BCUT2D eigenvalue weighted by atomic mass is 19.1. The van der Waals surface area contributed by atoms with Crippen molar-refractivity contribution in [1.29, 1.82) is 0 Å². The first-order valence-corrected chi connectivity index (χ1v) is 8.21. The van der Waals surface area contributed by atoms with Gasteiger partial charge in [-0.25, -0.2) is 4.39 Å². The number of benzene rings is 2. The van der Waals surface area contributed by atoms with Gasteiger partial charge in [0.1, 0.15) is 11.6 Å². The second-order valence-corrected chi connectivity index (χ2v) is 5.89. The zero-order chi connectivity index (χ0) is 18.2. The molecule has 2 aromatic carbocycles. The summed E-state index contributed by atoms with van der Waals surface area (Å²) in [6.45, 7) is 3.93. The van der Waals surface area contributed by atoms with Crippen molar-refractivity contribution >= 4 is 11.7 Å². The second kappa shape index (κ2) is 8.97. The lowest BCUT2D eigenvalue weighted by Crippen LogP contribution is -2.23. The lowest BCUT2D eigenvalue weighted by Gasteiger charge is -2.08. The van der Waals surface area contributed by atoms with Gasteiger partial charge in [-0.05, 0) is 61.7 Å². The maximum Gasteiger partial charge on any atom is 0.220 e. The van der Waals surface area contributed by atoms with Crippen molar-refractivity contribution in [1.82, 2.24) is 5.32 Å². The molecule has 2 rings (SSSR count). The van der Waals surface area contributed by atoms with Crippen molar-refractivity contribution in [3.8, 4) is 5.75 Å². The van der Waals surface area contributed by atoms with E-state index < -0.39 is 0 Å². The van der Waals surface area contributed by atoms with Gasteiger partial charge in [0.15, 0.2) is 5.78 Å². The predicted molar refractivity (Wildman–Crippen MR) is 94.2 cm³/mol. The summed E-state index contributed by atoms with van der Waals surface area (Å²) < 4.78 is 19.0. The summed E-state index contributed by atoms with van der Waals surface area (Å²) in [5.41, 5.74) is 1.96. The third kappa shape index (κ3) is 6.03. The van der Waals surface area contributed by atoms with E-state index in [9.17, 15) is 14.0 Å². The van der Waals surface area contributed by atoms with Crippen LogP contribution in [0.3, 0.4) is 0 Å². The molecule has 0 saturated carbocycles. The number of carbonyl (C=O) groups excluding carboxylic acids is 2. The summed E-state index contributed by atoms with van der Waals surface area (Å²) in [5.74, 6) is 0.310. The molecule has 5 heteroatoms. The highest BCUT2D eigenvalue weighted by molar-refractivity contribution is 5.94. The molecule has 0 aliphatic carbocycles. The van der Waals surface area contributed by atoms with Crippen LogP contribution in [-0.4, -0.2) is 18.3 Å². The molecule has 25 heavy (non-hydrogen) atoms. The quantitative estimate of drug-likeness (QED) is 0.586. The van der Waals surface area contributed by atoms with Crippen LogP contribution in [-0.2, 0) is 11.3 Å². The van der Waals surface area contributed by atoms with Crippen LogP contribution in [0.2, 0.25) is 0 Å². The Hall–Kier alpha value is -2.69. The number of carbonyl (C=O) groups is 2. The predicted octanol–water partition coefficient (Wildman–Crippen LogP) is 3.81. The zero-order valence-electron chi connectivity index (χ0n) is 14.5. The van der Waals surface area contributed by atoms with Crippen LogP contribution in [0.1, 0.15) is 41.3 Å². The van der Waals surface area contributed by atoms with E-state index in [0.29, 0.717) is 42.9 Å². The number of ketones is 1. The Kier molecular flexibility index (Phi) is 6.69. The molecule has 4 nitrogen and oxygen atoms in total. The number of rotatable bonds is 8. The molecule has 0 aliphatic rings. The maximum absolute atomic E-state index is 13.4. The molecule has 0 atom stereocenters. The standard InChI is InChI=1S/C20H22FNO3/c1-14-5-6-16(12-19(14)21)13-22-20(24)4-3-11-25-18-9-7-17(8-10-18)15(2)23/h5-10,12H,3-4,11,13H2,1-2H3,(H,22,24). The number of hydrogen-bond acceptors (Lipinski definition) is 3. The van der Waals surface area contributed by atoms with Gasteiger partial charge in [0.05, 0.1) is 6.61 Å². The number of aryl methyl sites for hydroxylation is 1. The SMILES string of the molecule is CC(=O)c1ccc(OCCCC(=O)NCc2ccc(C)c(F)c2)cc1. The normalized spacial score (nSPS) is 10.4. The molecule has 2 aromatic rings. The molecule has 0 spiro atoms. The lowest BCUT2D eigenvalue weighted by molar-refractivity contribution is -0.121. The zero-order valence-corrected chi connectivity index (χ0v) is 14.5. The molecule has 0 radical (unpaired) electrons. The monoisotopic (exact) mass is 343 g/mol. The third-order valence-corrected chi connectivity index (χ3v) is 3.80. The highest BCUT2D eigenvalue weighted by Gasteiger charge is 2.04. The smallest absolute Gasteiger partial charge is 0.220 e. The van der Waals surface area contributed by atoms with Gasteiger partial charge < -0.3 is 10.1 Å². The number of amides is 1. The van der Waals surface area contributed by atoms with E-state index in [2.05, 4.69) is 5.32 Å². The van der Waals surface area contributed by atoms with Crippen molar-refractivity contribution in [2.24, 2.45) is 0 Å². The van der Waals surface area contributed by atoms with Crippen molar-refractivity contribution in [3.05, 3.63) is 65.0 Å². The molecule has 0 unspecified atom stereocenters. The van der Waals surface area contributed by atoms with Gasteiger partial charge in [0.2, 0.25) is 5.91 Å². The minimum absolute atomic E-state index is 0.0108. The molecular formula is C20H22FNO3. The molecule has 0 aliphatic heterocycles. The van der Waals surface area contributed by atoms with Gasteiger partial charge >= 0.3 is 0 Å². The minimum atomic E-state index is -0.268. The van der Waals surface area contributed by atoms with E-state index in [0.717, 1.165) is 5.56 Å². The molecule has 1 amide bonds. The van der Waals surface area contributed by atoms with Crippen LogP contribution >= 0.6 is 0 Å². The van der Waals surface area contributed by atoms with Crippen LogP contribution in [0.25, 0.3) is 0 Å². The highest BCUT2D eigenvalue weighted by Crippen LogP contribution is 2.13. The van der Waals surface area contributed by atoms with E-state index in [1.807, 2.05) is 0 Å². The van der Waals surface area contributed by atoms with Crippen molar-refractivity contribution < 1.29 is 18.7 Å². The molecular weight excluding hydrogens is 321 g/mol. The summed E-state index contributed by atoms with van der Waals surface area (Å²) in [4.78, 5) is 23.0. The maximum atomic E-state index is 13.4. The number of hydrogen-bond donors (Lipinski definition) is 1. The Labute approximate surface area is 147 Å². The van der Waals surface area contributed by atoms with Crippen LogP contribution in [0.5, 0.6) is 5.75 Å². The largest absolute Gasteiger partial charge is 0.494 e. The van der Waals surface area contributed by atoms with Crippen molar-refractivity contribution in [3.63, 3.8) is 0 Å². The molecule has 0 heterocycles.